The van der Waals surface area contributed by atoms with Gasteiger partial charge in [0.1, 0.15) is 17.3 Å². The Morgan fingerprint density at radius 3 is 1.36 bits per heavy atom. The minimum Gasteiger partial charge on any atom is -0.496 e. The molecule has 0 spiro atoms. The van der Waals surface area contributed by atoms with Crippen LogP contribution in [0.1, 0.15) is 47.9 Å². The van der Waals surface area contributed by atoms with Gasteiger partial charge in [0.25, 0.3) is 0 Å². The number of rotatable bonds is 18. The summed E-state index contributed by atoms with van der Waals surface area (Å²) in [4.78, 5) is 4.30. The summed E-state index contributed by atoms with van der Waals surface area (Å²) in [6.45, 7) is 0.959. The van der Waals surface area contributed by atoms with E-state index in [1.807, 2.05) is 0 Å². The van der Waals surface area contributed by atoms with E-state index >= 15 is 0 Å². The third-order valence-corrected chi connectivity index (χ3v) is 7.62. The number of fused-ring (bicyclic) bond motifs is 1. The van der Waals surface area contributed by atoms with E-state index in [4.69, 9.17) is 49.0 Å². The fraction of sp³-hybridized carbons (Fsp3) is 0.412. The highest BCUT2D eigenvalue weighted by Gasteiger charge is 2.25. The number of nitrogens with two attached hydrogens (primary N) is 1. The number of aliphatic imine (C=N–C) groups is 1. The highest BCUT2D eigenvalue weighted by molar-refractivity contribution is 6.22. The number of nitrogens with zero attached hydrogens (tertiary/aromatic N) is 1. The third kappa shape index (κ3) is 7.65. The highest BCUT2D eigenvalue weighted by atomic mass is 16.5. The van der Waals surface area contributed by atoms with Gasteiger partial charge < -0.3 is 43.6 Å². The quantitative estimate of drug-likeness (QED) is 0.174. The van der Waals surface area contributed by atoms with Crippen molar-refractivity contribution >= 4 is 11.7 Å². The fourth-order valence-electron chi connectivity index (χ4n) is 5.32. The maximum Gasteiger partial charge on any atom is 0.203 e. The average molecular weight is 622 g/mol. The SMILES string of the molecule is COc1cc(OC)c(OCCCCc2ccc(CCCCOc3c(OC)cc(OC)cc3OC)c3c2C(=N)N=C3N)c(OC)c1. The molecule has 1 aliphatic heterocycles. The van der Waals surface area contributed by atoms with Crippen molar-refractivity contribution < 1.29 is 37.9 Å². The monoisotopic (exact) mass is 621 g/mol. The van der Waals surface area contributed by atoms with Gasteiger partial charge in [0.05, 0.1) is 55.9 Å². The van der Waals surface area contributed by atoms with Crippen molar-refractivity contribution in [1.29, 1.82) is 5.41 Å². The number of ether oxygens (including phenoxy) is 8. The zero-order chi connectivity index (χ0) is 32.3. The standard InChI is InChI=1S/C34H43N3O8/c1-38-23-17-25(40-3)31(26(18-23)41-4)44-15-9-7-11-21-13-14-22(30-29(21)33(35)37-34(30)36)12-8-10-16-45-32-27(42-5)19-24(39-2)20-28(32)43-6/h13-14,17-20H,7-12,15-16H2,1-6H3,(H3,35,36,37). The predicted molar refractivity (Wildman–Crippen MR) is 173 cm³/mol. The lowest BCUT2D eigenvalue weighted by atomic mass is 9.91. The van der Waals surface area contributed by atoms with Crippen LogP contribution in [0.4, 0.5) is 0 Å². The molecule has 0 aromatic heterocycles. The Hall–Kier alpha value is -4.80. The summed E-state index contributed by atoms with van der Waals surface area (Å²) < 4.78 is 44.6. The van der Waals surface area contributed by atoms with E-state index in [0.717, 1.165) is 60.8 Å². The molecule has 0 saturated carbocycles. The topological polar surface area (TPSA) is 136 Å². The zero-order valence-corrected chi connectivity index (χ0v) is 26.9. The molecule has 11 nitrogen and oxygen atoms in total. The van der Waals surface area contributed by atoms with Crippen molar-refractivity contribution in [3.05, 3.63) is 58.7 Å². The molecule has 0 fully saturated rings. The molecule has 0 amide bonds. The number of aryl methyl sites for hydroxylation is 2. The molecule has 0 bridgehead atoms. The van der Waals surface area contributed by atoms with Crippen molar-refractivity contribution in [3.63, 3.8) is 0 Å². The van der Waals surface area contributed by atoms with Crippen LogP contribution in [0.15, 0.2) is 41.4 Å². The third-order valence-electron chi connectivity index (χ3n) is 7.62. The molecule has 0 unspecified atom stereocenters. The molecule has 0 saturated heterocycles. The molecule has 4 rings (SSSR count). The average Bonchev–Trinajstić information content (AvgIpc) is 3.37. The lowest BCUT2D eigenvalue weighted by molar-refractivity contribution is 0.266. The van der Waals surface area contributed by atoms with E-state index in [1.54, 1.807) is 66.9 Å². The maximum absolute atomic E-state index is 8.51. The first-order chi connectivity index (χ1) is 21.9. The Bertz CT molecular complexity index is 1470. The summed E-state index contributed by atoms with van der Waals surface area (Å²) in [6.07, 6.45) is 4.87. The molecule has 0 radical (unpaired) electrons. The normalized spacial score (nSPS) is 11.9. The summed E-state index contributed by atoms with van der Waals surface area (Å²) in [5.41, 5.74) is 10.2. The van der Waals surface area contributed by atoms with Gasteiger partial charge in [0.2, 0.25) is 11.5 Å². The van der Waals surface area contributed by atoms with Crippen LogP contribution < -0.4 is 43.6 Å². The minimum atomic E-state index is 0.213. The van der Waals surface area contributed by atoms with Crippen LogP contribution in [0.3, 0.4) is 0 Å². The van der Waals surface area contributed by atoms with E-state index in [1.165, 1.54) is 0 Å². The number of hydrogen-bond acceptors (Lipinski definition) is 10. The van der Waals surface area contributed by atoms with Crippen LogP contribution in [-0.4, -0.2) is 67.5 Å². The number of methoxy groups -OCH3 is 6. The Morgan fingerprint density at radius 1 is 0.578 bits per heavy atom. The van der Waals surface area contributed by atoms with Gasteiger partial charge in [-0.25, -0.2) is 4.99 Å². The Labute approximate surface area is 264 Å². The van der Waals surface area contributed by atoms with Gasteiger partial charge in [0.15, 0.2) is 28.8 Å². The second-order valence-electron chi connectivity index (χ2n) is 10.3. The van der Waals surface area contributed by atoms with Gasteiger partial charge in [-0.05, 0) is 49.7 Å². The Balaban J connectivity index is 1.33. The molecule has 3 aromatic rings. The maximum atomic E-state index is 8.51. The molecule has 11 heteroatoms. The molecular formula is C34H43N3O8. The van der Waals surface area contributed by atoms with Crippen molar-refractivity contribution in [1.82, 2.24) is 0 Å². The van der Waals surface area contributed by atoms with Crippen LogP contribution in [0.2, 0.25) is 0 Å². The lowest BCUT2D eigenvalue weighted by Crippen LogP contribution is -2.15. The minimum absolute atomic E-state index is 0.213. The zero-order valence-electron chi connectivity index (χ0n) is 26.9. The highest BCUT2D eigenvalue weighted by Crippen LogP contribution is 2.42. The second kappa shape index (κ2) is 15.8. The first-order valence-corrected chi connectivity index (χ1v) is 14.8. The molecule has 242 valence electrons. The van der Waals surface area contributed by atoms with E-state index in [2.05, 4.69) is 17.1 Å². The molecule has 1 aliphatic rings. The van der Waals surface area contributed by atoms with Crippen molar-refractivity contribution in [2.45, 2.75) is 38.5 Å². The van der Waals surface area contributed by atoms with Crippen molar-refractivity contribution in [3.8, 4) is 46.0 Å². The Kier molecular flexibility index (Phi) is 11.6. The van der Waals surface area contributed by atoms with E-state index in [0.29, 0.717) is 65.0 Å². The van der Waals surface area contributed by atoms with Gasteiger partial charge >= 0.3 is 0 Å². The summed E-state index contributed by atoms with van der Waals surface area (Å²) in [6, 6.07) is 11.3. The molecule has 3 aromatic carbocycles. The summed E-state index contributed by atoms with van der Waals surface area (Å²) in [5.74, 6) is 5.15. The van der Waals surface area contributed by atoms with Gasteiger partial charge in [-0.15, -0.1) is 0 Å². The van der Waals surface area contributed by atoms with E-state index in [9.17, 15) is 0 Å². The molecule has 1 heterocycles. The molecular weight excluding hydrogens is 578 g/mol. The van der Waals surface area contributed by atoms with E-state index in [-0.39, 0.29) is 5.84 Å². The van der Waals surface area contributed by atoms with Crippen LogP contribution in [-0.2, 0) is 12.8 Å². The van der Waals surface area contributed by atoms with Gasteiger partial charge in [-0.2, -0.15) is 0 Å². The van der Waals surface area contributed by atoms with Gasteiger partial charge in [-0.1, -0.05) is 12.1 Å². The summed E-state index contributed by atoms with van der Waals surface area (Å²) in [7, 11) is 9.51. The second-order valence-corrected chi connectivity index (χ2v) is 10.3. The van der Waals surface area contributed by atoms with Crippen LogP contribution in [0, 0.1) is 5.41 Å². The smallest absolute Gasteiger partial charge is 0.203 e. The fourth-order valence-corrected chi connectivity index (χ4v) is 5.32. The van der Waals surface area contributed by atoms with Crippen LogP contribution in [0.25, 0.3) is 0 Å². The van der Waals surface area contributed by atoms with Crippen molar-refractivity contribution in [2.24, 2.45) is 10.7 Å². The molecule has 0 aliphatic carbocycles. The number of unbranched alkanes of at least 4 members (excludes halogenated alkanes) is 2. The van der Waals surface area contributed by atoms with Gasteiger partial charge in [0, 0.05) is 35.4 Å². The number of nitrogens with one attached hydrogen (secondary N) is 1. The first-order valence-electron chi connectivity index (χ1n) is 14.8. The van der Waals surface area contributed by atoms with Crippen LogP contribution in [0.5, 0.6) is 46.0 Å². The Morgan fingerprint density at radius 2 is 0.978 bits per heavy atom. The molecule has 45 heavy (non-hydrogen) atoms. The van der Waals surface area contributed by atoms with Crippen molar-refractivity contribution in [2.75, 3.05) is 55.9 Å². The molecule has 0 atom stereocenters. The van der Waals surface area contributed by atoms with Gasteiger partial charge in [-0.3, -0.25) is 5.41 Å². The summed E-state index contributed by atoms with van der Waals surface area (Å²) >= 11 is 0. The lowest BCUT2D eigenvalue weighted by Gasteiger charge is -2.16. The van der Waals surface area contributed by atoms with E-state index < -0.39 is 0 Å². The predicted octanol–water partition coefficient (Wildman–Crippen LogP) is 5.59. The number of hydrogen-bond donors (Lipinski definition) is 2. The van der Waals surface area contributed by atoms with Crippen LogP contribution >= 0.6 is 0 Å². The summed E-state index contributed by atoms with van der Waals surface area (Å²) in [5, 5.41) is 8.51. The largest absolute Gasteiger partial charge is 0.496 e. The molecule has 3 N–H and O–H groups in total. The number of benzene rings is 3. The first kappa shape index (κ1) is 33.1. The number of amidine groups is 2.